The molecule has 0 spiro atoms. The first-order valence-electron chi connectivity index (χ1n) is 11.5. The summed E-state index contributed by atoms with van der Waals surface area (Å²) in [6.07, 6.45) is 0. The Balaban J connectivity index is 1.30. The van der Waals surface area contributed by atoms with Crippen molar-refractivity contribution in [3.8, 4) is 11.3 Å². The summed E-state index contributed by atoms with van der Waals surface area (Å²) in [7, 11) is 0. The first kappa shape index (κ1) is 26.1. The normalized spacial score (nSPS) is 13.2. The van der Waals surface area contributed by atoms with Crippen molar-refractivity contribution < 1.29 is 19.6 Å². The number of hydrogen-bond donors (Lipinski definition) is 3. The summed E-state index contributed by atoms with van der Waals surface area (Å²) >= 11 is 7.41. The molecule has 0 unspecified atom stereocenters. The van der Waals surface area contributed by atoms with Crippen molar-refractivity contribution in [3.05, 3.63) is 105 Å². The lowest BCUT2D eigenvalue weighted by atomic mass is 10.1. The number of anilines is 4. The highest BCUT2D eigenvalue weighted by molar-refractivity contribution is 7.14. The topological polar surface area (TPSA) is 138 Å². The number of benzene rings is 3. The zero-order valence-electron chi connectivity index (χ0n) is 20.2. The number of nitrogens with one attached hydrogen (secondary N) is 2. The van der Waals surface area contributed by atoms with Crippen molar-refractivity contribution in [2.75, 3.05) is 20.8 Å². The Labute approximate surface area is 231 Å². The number of carbonyl (C=O) groups excluding carboxylic acids is 3. The second kappa shape index (κ2) is 10.7. The fourth-order valence-electron chi connectivity index (χ4n) is 3.84. The van der Waals surface area contributed by atoms with Crippen LogP contribution in [0.2, 0.25) is 0 Å². The van der Waals surface area contributed by atoms with Gasteiger partial charge in [0.1, 0.15) is 10.7 Å². The van der Waals surface area contributed by atoms with E-state index in [2.05, 4.69) is 15.6 Å². The van der Waals surface area contributed by atoms with E-state index in [9.17, 15) is 19.6 Å². The fourth-order valence-corrected chi connectivity index (χ4v) is 4.77. The summed E-state index contributed by atoms with van der Waals surface area (Å²) in [6, 6.07) is 19.5. The molecule has 0 bridgehead atoms. The highest BCUT2D eigenvalue weighted by Gasteiger charge is 2.39. The van der Waals surface area contributed by atoms with E-state index in [1.165, 1.54) is 29.5 Å². The van der Waals surface area contributed by atoms with Gasteiger partial charge in [-0.25, -0.2) is 9.88 Å². The van der Waals surface area contributed by atoms with Gasteiger partial charge < -0.3 is 15.8 Å². The molecule has 3 amide bonds. The highest BCUT2D eigenvalue weighted by Crippen LogP contribution is 2.31. The van der Waals surface area contributed by atoms with Crippen LogP contribution in [0.4, 0.5) is 22.2 Å². The van der Waals surface area contributed by atoms with E-state index >= 15 is 0 Å². The molecule has 0 radical (unpaired) electrons. The number of nitrogens with zero attached hydrogens (tertiary/aromatic N) is 3. The summed E-state index contributed by atoms with van der Waals surface area (Å²) in [5, 5.41) is 27.4. The monoisotopic (exact) mass is 560 g/mol. The molecule has 1 aromatic heterocycles. The summed E-state index contributed by atoms with van der Waals surface area (Å²) in [6.45, 7) is 1.89. The van der Waals surface area contributed by atoms with E-state index in [0.717, 1.165) is 10.5 Å². The molecule has 12 heteroatoms. The molecule has 39 heavy (non-hydrogen) atoms. The van der Waals surface area contributed by atoms with Crippen LogP contribution in [0.1, 0.15) is 15.9 Å². The Bertz CT molecular complexity index is 1630. The summed E-state index contributed by atoms with van der Waals surface area (Å²) < 4.78 is 0. The molecular weight excluding hydrogens is 542 g/mol. The molecule has 2 heterocycles. The molecule has 0 aliphatic carbocycles. The Kier molecular flexibility index (Phi) is 7.13. The lowest BCUT2D eigenvalue weighted by molar-refractivity contribution is -0.120. The van der Waals surface area contributed by atoms with Crippen molar-refractivity contribution in [2.45, 2.75) is 6.92 Å². The smallest absolute Gasteiger partial charge is 0.283 e. The highest BCUT2D eigenvalue weighted by atomic mass is 35.5. The predicted octanol–water partition coefficient (Wildman–Crippen LogP) is 5.50. The SMILES string of the molecule is Cc1ccc(N2C(=O)C(Cl)=C(Nc3cccc(C(=O)Nc4nc(-c5cccc(N([O-])O)c5)cs4)c3)C2=O)cc1. The Morgan fingerprint density at radius 2 is 1.79 bits per heavy atom. The second-order valence-electron chi connectivity index (χ2n) is 8.49. The third-order valence-electron chi connectivity index (χ3n) is 5.80. The van der Waals surface area contributed by atoms with Gasteiger partial charge in [-0.05, 0) is 49.4 Å². The van der Waals surface area contributed by atoms with Gasteiger partial charge in [-0.3, -0.25) is 24.9 Å². The number of carbonyl (C=O) groups is 3. The number of aryl methyl sites for hydroxylation is 1. The van der Waals surface area contributed by atoms with Gasteiger partial charge in [-0.1, -0.05) is 47.5 Å². The van der Waals surface area contributed by atoms with Crippen LogP contribution in [-0.2, 0) is 9.59 Å². The number of halogens is 1. The third kappa shape index (κ3) is 5.38. The molecule has 196 valence electrons. The van der Waals surface area contributed by atoms with Gasteiger partial charge in [0.05, 0.1) is 17.1 Å². The van der Waals surface area contributed by atoms with Gasteiger partial charge in [-0.15, -0.1) is 11.3 Å². The summed E-state index contributed by atoms with van der Waals surface area (Å²) in [5.74, 6) is -1.71. The number of thiazole rings is 1. The molecular formula is C27H19ClN5O5S-. The van der Waals surface area contributed by atoms with Crippen LogP contribution >= 0.6 is 22.9 Å². The second-order valence-corrected chi connectivity index (χ2v) is 9.73. The zero-order valence-corrected chi connectivity index (χ0v) is 21.8. The van der Waals surface area contributed by atoms with Crippen LogP contribution in [0.3, 0.4) is 0 Å². The quantitative estimate of drug-likeness (QED) is 0.199. The van der Waals surface area contributed by atoms with Gasteiger partial charge >= 0.3 is 0 Å². The summed E-state index contributed by atoms with van der Waals surface area (Å²) in [4.78, 5) is 44.0. The molecule has 0 saturated carbocycles. The van der Waals surface area contributed by atoms with Crippen molar-refractivity contribution in [1.29, 1.82) is 0 Å². The minimum atomic E-state index is -0.644. The maximum Gasteiger partial charge on any atom is 0.283 e. The van der Waals surface area contributed by atoms with Crippen molar-refractivity contribution >= 4 is 62.9 Å². The molecule has 5 rings (SSSR count). The van der Waals surface area contributed by atoms with Crippen LogP contribution in [0.25, 0.3) is 11.3 Å². The first-order valence-corrected chi connectivity index (χ1v) is 12.7. The van der Waals surface area contributed by atoms with Crippen LogP contribution in [-0.4, -0.2) is 27.9 Å². The molecule has 0 atom stereocenters. The molecule has 10 nitrogen and oxygen atoms in total. The average molecular weight is 561 g/mol. The van der Waals surface area contributed by atoms with E-state index < -0.39 is 17.7 Å². The Hall–Kier alpha value is -4.55. The van der Waals surface area contributed by atoms with Crippen LogP contribution in [0.15, 0.2) is 88.9 Å². The Morgan fingerprint density at radius 3 is 2.54 bits per heavy atom. The molecule has 3 N–H and O–H groups in total. The summed E-state index contributed by atoms with van der Waals surface area (Å²) in [5.41, 5.74) is 3.09. The number of imide groups is 1. The average Bonchev–Trinajstić information content (AvgIpc) is 3.48. The zero-order chi connectivity index (χ0) is 27.7. The van der Waals surface area contributed by atoms with Crippen LogP contribution < -0.4 is 20.8 Å². The van der Waals surface area contributed by atoms with Crippen molar-refractivity contribution in [3.63, 3.8) is 0 Å². The molecule has 0 saturated heterocycles. The minimum absolute atomic E-state index is 0.0510. The van der Waals surface area contributed by atoms with Gasteiger partial charge in [0.15, 0.2) is 5.13 Å². The van der Waals surface area contributed by atoms with Crippen molar-refractivity contribution in [1.82, 2.24) is 4.98 Å². The van der Waals surface area contributed by atoms with E-state index in [1.54, 1.807) is 60.0 Å². The van der Waals surface area contributed by atoms with E-state index in [-0.39, 0.29) is 27.2 Å². The van der Waals surface area contributed by atoms with Crippen LogP contribution in [0.5, 0.6) is 0 Å². The predicted molar refractivity (Wildman–Crippen MR) is 150 cm³/mol. The minimum Gasteiger partial charge on any atom is -0.733 e. The Morgan fingerprint density at radius 1 is 1.05 bits per heavy atom. The van der Waals surface area contributed by atoms with Gasteiger partial charge in [0.25, 0.3) is 17.7 Å². The van der Waals surface area contributed by atoms with E-state index in [1.807, 2.05) is 6.92 Å². The molecule has 1 aliphatic heterocycles. The number of rotatable bonds is 7. The molecule has 3 aromatic carbocycles. The lowest BCUT2D eigenvalue weighted by Crippen LogP contribution is -2.32. The first-order chi connectivity index (χ1) is 18.7. The standard InChI is InChI=1S/C27H19ClN5O5S/c1-15-8-10-19(11-9-15)32-25(35)22(28)23(26(32)36)29-18-6-2-5-17(12-18)24(34)31-27-30-21(14-39-27)16-4-3-7-20(13-16)33(37)38/h2-14,29,37H,1H3,(H,30,31,34)/q-1. The van der Waals surface area contributed by atoms with E-state index in [4.69, 9.17) is 16.8 Å². The van der Waals surface area contributed by atoms with Crippen molar-refractivity contribution in [2.24, 2.45) is 0 Å². The van der Waals surface area contributed by atoms with E-state index in [0.29, 0.717) is 27.8 Å². The molecule has 4 aromatic rings. The van der Waals surface area contributed by atoms with Gasteiger partial charge in [-0.2, -0.15) is 0 Å². The van der Waals surface area contributed by atoms with Gasteiger partial charge in [0.2, 0.25) is 0 Å². The number of amides is 3. The third-order valence-corrected chi connectivity index (χ3v) is 6.91. The largest absolute Gasteiger partial charge is 0.733 e. The van der Waals surface area contributed by atoms with Crippen LogP contribution in [0, 0.1) is 12.1 Å². The number of hydrogen-bond acceptors (Lipinski definition) is 9. The molecule has 0 fully saturated rings. The number of aromatic nitrogens is 1. The maximum absolute atomic E-state index is 13.0. The maximum atomic E-state index is 13.0. The lowest BCUT2D eigenvalue weighted by Gasteiger charge is -2.21. The van der Waals surface area contributed by atoms with Gasteiger partial charge in [0, 0.05) is 22.2 Å². The molecule has 1 aliphatic rings. The fraction of sp³-hybridized carbons (Fsp3) is 0.0370.